The lowest BCUT2D eigenvalue weighted by Crippen LogP contribution is -2.31. The molecular formula is C17H16BrN3O5S. The molecule has 4 rings (SSSR count). The van der Waals surface area contributed by atoms with Gasteiger partial charge in [-0.1, -0.05) is 0 Å². The lowest BCUT2D eigenvalue weighted by Gasteiger charge is -2.17. The Kier molecular flexibility index (Phi) is 4.57. The van der Waals surface area contributed by atoms with Crippen LogP contribution in [0.25, 0.3) is 11.1 Å². The Morgan fingerprint density at radius 1 is 1.33 bits per heavy atom. The fourth-order valence-electron chi connectivity index (χ4n) is 3.04. The van der Waals surface area contributed by atoms with E-state index in [9.17, 15) is 13.2 Å². The summed E-state index contributed by atoms with van der Waals surface area (Å²) in [5.74, 6) is -0.0910. The van der Waals surface area contributed by atoms with Gasteiger partial charge in [-0.3, -0.25) is 4.57 Å². The molecule has 1 aromatic carbocycles. The second-order valence-electron chi connectivity index (χ2n) is 6.24. The van der Waals surface area contributed by atoms with E-state index in [4.69, 9.17) is 9.15 Å². The van der Waals surface area contributed by atoms with Crippen molar-refractivity contribution in [2.45, 2.75) is 17.4 Å². The first-order chi connectivity index (χ1) is 12.9. The Hall–Kier alpha value is -2.17. The van der Waals surface area contributed by atoms with Gasteiger partial charge in [-0.2, -0.15) is 4.31 Å². The van der Waals surface area contributed by atoms with Gasteiger partial charge in [0.2, 0.25) is 15.9 Å². The molecule has 0 aliphatic carbocycles. The zero-order valence-electron chi connectivity index (χ0n) is 14.3. The van der Waals surface area contributed by atoms with Gasteiger partial charge in [0.1, 0.15) is 6.10 Å². The van der Waals surface area contributed by atoms with Gasteiger partial charge < -0.3 is 9.15 Å². The number of aromatic nitrogens is 2. The molecule has 3 aromatic rings. The van der Waals surface area contributed by atoms with Crippen LogP contribution in [0.1, 0.15) is 6.42 Å². The number of nitrogens with zero attached hydrogens (tertiary/aromatic N) is 3. The van der Waals surface area contributed by atoms with Crippen molar-refractivity contribution < 1.29 is 17.6 Å². The number of hydrogen-bond acceptors (Lipinski definition) is 6. The fraction of sp³-hybridized carbons (Fsp3) is 0.294. The van der Waals surface area contributed by atoms with E-state index in [1.807, 2.05) is 6.07 Å². The van der Waals surface area contributed by atoms with Crippen molar-refractivity contribution in [3.63, 3.8) is 0 Å². The molecule has 10 heteroatoms. The van der Waals surface area contributed by atoms with Crippen LogP contribution in [0.5, 0.6) is 5.88 Å². The minimum Gasteiger partial charge on any atom is -0.472 e. The number of rotatable bonds is 4. The topological polar surface area (TPSA) is 94.6 Å². The van der Waals surface area contributed by atoms with Gasteiger partial charge in [-0.25, -0.2) is 18.2 Å². The Labute approximate surface area is 163 Å². The molecule has 1 unspecified atom stereocenters. The molecule has 0 bridgehead atoms. The highest BCUT2D eigenvalue weighted by Crippen LogP contribution is 2.28. The Morgan fingerprint density at radius 3 is 2.93 bits per heavy atom. The number of halogens is 1. The predicted molar refractivity (Wildman–Crippen MR) is 101 cm³/mol. The van der Waals surface area contributed by atoms with Gasteiger partial charge in [0.25, 0.3) is 0 Å². The summed E-state index contributed by atoms with van der Waals surface area (Å²) in [5, 5.41) is 0. The zero-order valence-corrected chi connectivity index (χ0v) is 16.7. The summed E-state index contributed by atoms with van der Waals surface area (Å²) in [6, 6.07) is 8.00. The van der Waals surface area contributed by atoms with Crippen LogP contribution < -0.4 is 10.5 Å². The third-order valence-corrected chi connectivity index (χ3v) is 6.98. The third-order valence-electron chi connectivity index (χ3n) is 4.51. The van der Waals surface area contributed by atoms with E-state index in [1.54, 1.807) is 12.3 Å². The van der Waals surface area contributed by atoms with Gasteiger partial charge in [0, 0.05) is 19.8 Å². The van der Waals surface area contributed by atoms with E-state index in [0.29, 0.717) is 29.9 Å². The van der Waals surface area contributed by atoms with Gasteiger partial charge in [-0.05, 0) is 52.7 Å². The highest BCUT2D eigenvalue weighted by molar-refractivity contribution is 9.10. The fourth-order valence-corrected chi connectivity index (χ4v) is 4.90. The second-order valence-corrected chi connectivity index (χ2v) is 9.03. The molecule has 3 heterocycles. The van der Waals surface area contributed by atoms with Gasteiger partial charge in [-0.15, -0.1) is 0 Å². The van der Waals surface area contributed by atoms with Crippen LogP contribution in [-0.2, 0) is 17.1 Å². The first-order valence-electron chi connectivity index (χ1n) is 8.23. The Balaban J connectivity index is 1.57. The van der Waals surface area contributed by atoms with Crippen LogP contribution in [0.3, 0.4) is 0 Å². The molecule has 1 fully saturated rings. The first kappa shape index (κ1) is 18.2. The molecular weight excluding hydrogens is 438 g/mol. The van der Waals surface area contributed by atoms with Crippen molar-refractivity contribution in [3.8, 4) is 5.88 Å². The molecule has 142 valence electrons. The Morgan fingerprint density at radius 2 is 2.15 bits per heavy atom. The van der Waals surface area contributed by atoms with Gasteiger partial charge in [0.15, 0.2) is 5.58 Å². The summed E-state index contributed by atoms with van der Waals surface area (Å²) in [4.78, 5) is 15.9. The molecule has 0 amide bonds. The molecule has 1 aliphatic heterocycles. The number of pyridine rings is 1. The quantitative estimate of drug-likeness (QED) is 0.600. The highest BCUT2D eigenvalue weighted by atomic mass is 79.9. The van der Waals surface area contributed by atoms with Crippen molar-refractivity contribution >= 4 is 37.1 Å². The predicted octanol–water partition coefficient (Wildman–Crippen LogP) is 2.13. The standard InChI is InChI=1S/C17H16BrN3O5S/c1-20-14-9-12(4-5-15(14)26-17(20)22)27(23,24)21-8-6-11(10-21)25-16-13(18)3-2-7-19-16/h2-5,7,9,11H,6,8,10H2,1H3. The van der Waals surface area contributed by atoms with Gasteiger partial charge >= 0.3 is 5.76 Å². The van der Waals surface area contributed by atoms with Crippen LogP contribution in [0, 0.1) is 0 Å². The van der Waals surface area contributed by atoms with Crippen LogP contribution in [-0.4, -0.2) is 41.5 Å². The van der Waals surface area contributed by atoms with Crippen molar-refractivity contribution in [3.05, 3.63) is 51.6 Å². The first-order valence-corrected chi connectivity index (χ1v) is 10.5. The van der Waals surface area contributed by atoms with Crippen molar-refractivity contribution in [1.82, 2.24) is 13.9 Å². The summed E-state index contributed by atoms with van der Waals surface area (Å²) < 4.78 is 40.3. The van der Waals surface area contributed by atoms with Crippen molar-refractivity contribution in [2.24, 2.45) is 7.05 Å². The molecule has 1 saturated heterocycles. The molecule has 0 spiro atoms. The maximum Gasteiger partial charge on any atom is 0.419 e. The van der Waals surface area contributed by atoms with E-state index in [0.717, 1.165) is 4.47 Å². The maximum absolute atomic E-state index is 13.0. The largest absolute Gasteiger partial charge is 0.472 e. The minimum absolute atomic E-state index is 0.117. The summed E-state index contributed by atoms with van der Waals surface area (Å²) in [6.45, 7) is 0.577. The van der Waals surface area contributed by atoms with Crippen LogP contribution in [0.4, 0.5) is 0 Å². The maximum atomic E-state index is 13.0. The number of hydrogen-bond donors (Lipinski definition) is 0. The smallest absolute Gasteiger partial charge is 0.419 e. The van der Waals surface area contributed by atoms with E-state index in [-0.39, 0.29) is 17.5 Å². The zero-order chi connectivity index (χ0) is 19.2. The molecule has 1 atom stereocenters. The molecule has 0 saturated carbocycles. The average Bonchev–Trinajstić information content (AvgIpc) is 3.22. The summed E-state index contributed by atoms with van der Waals surface area (Å²) in [5.41, 5.74) is 0.787. The van der Waals surface area contributed by atoms with Crippen LogP contribution >= 0.6 is 15.9 Å². The number of benzene rings is 1. The van der Waals surface area contributed by atoms with Gasteiger partial charge in [0.05, 0.1) is 21.4 Å². The normalized spacial score (nSPS) is 18.2. The lowest BCUT2D eigenvalue weighted by atomic mass is 10.3. The summed E-state index contributed by atoms with van der Waals surface area (Å²) in [6.07, 6.45) is 1.90. The number of ether oxygens (including phenoxy) is 1. The second kappa shape index (κ2) is 6.77. The third kappa shape index (κ3) is 3.28. The van der Waals surface area contributed by atoms with E-state index in [1.165, 1.54) is 34.1 Å². The lowest BCUT2D eigenvalue weighted by molar-refractivity contribution is 0.205. The Bertz CT molecular complexity index is 1170. The van der Waals surface area contributed by atoms with Crippen LogP contribution in [0.15, 0.2) is 55.1 Å². The molecule has 0 radical (unpaired) electrons. The van der Waals surface area contributed by atoms with Crippen molar-refractivity contribution in [2.75, 3.05) is 13.1 Å². The monoisotopic (exact) mass is 453 g/mol. The van der Waals surface area contributed by atoms with E-state index >= 15 is 0 Å². The van der Waals surface area contributed by atoms with E-state index < -0.39 is 15.8 Å². The molecule has 8 nitrogen and oxygen atoms in total. The number of sulfonamides is 1. The molecule has 0 N–H and O–H groups in total. The number of aryl methyl sites for hydroxylation is 1. The SMILES string of the molecule is Cn1c(=O)oc2ccc(S(=O)(=O)N3CCC(Oc4ncccc4Br)C3)cc21. The number of oxazole rings is 1. The average molecular weight is 454 g/mol. The highest BCUT2D eigenvalue weighted by Gasteiger charge is 2.34. The van der Waals surface area contributed by atoms with E-state index in [2.05, 4.69) is 20.9 Å². The molecule has 1 aliphatic rings. The van der Waals surface area contributed by atoms with Crippen molar-refractivity contribution in [1.29, 1.82) is 0 Å². The molecule has 27 heavy (non-hydrogen) atoms. The summed E-state index contributed by atoms with van der Waals surface area (Å²) in [7, 11) is -2.17. The number of fused-ring (bicyclic) bond motifs is 1. The van der Waals surface area contributed by atoms with Crippen LogP contribution in [0.2, 0.25) is 0 Å². The molecule has 2 aromatic heterocycles. The summed E-state index contributed by atoms with van der Waals surface area (Å²) >= 11 is 3.37. The minimum atomic E-state index is -3.71.